The van der Waals surface area contributed by atoms with Gasteiger partial charge in [0.05, 0.1) is 0 Å². The van der Waals surface area contributed by atoms with Gasteiger partial charge in [-0.15, -0.1) is 0 Å². The van der Waals surface area contributed by atoms with E-state index in [1.165, 1.54) is 5.57 Å². The van der Waals surface area contributed by atoms with Crippen LogP contribution in [0.5, 0.6) is 0 Å². The van der Waals surface area contributed by atoms with Crippen LogP contribution < -0.4 is 10.6 Å². The lowest BCUT2D eigenvalue weighted by molar-refractivity contribution is 0.637. The van der Waals surface area contributed by atoms with Crippen molar-refractivity contribution in [1.82, 2.24) is 0 Å². The van der Waals surface area contributed by atoms with Crippen LogP contribution in [0.1, 0.15) is 13.3 Å². The molecule has 2 aromatic carbocycles. The molecule has 0 radical (unpaired) electrons. The molecule has 21 heavy (non-hydrogen) atoms. The molecule has 0 aliphatic heterocycles. The SMILES string of the molecule is CC1=CC=CC(Nc2ccccc2)(Nc2ccccc2)C1. The van der Waals surface area contributed by atoms with Crippen molar-refractivity contribution in [1.29, 1.82) is 0 Å². The van der Waals surface area contributed by atoms with Crippen molar-refractivity contribution < 1.29 is 0 Å². The number of benzene rings is 2. The zero-order valence-electron chi connectivity index (χ0n) is 12.2. The first-order valence-corrected chi connectivity index (χ1v) is 7.27. The first kappa shape index (κ1) is 13.5. The summed E-state index contributed by atoms with van der Waals surface area (Å²) in [7, 11) is 0. The predicted octanol–water partition coefficient (Wildman–Crippen LogP) is 4.81. The smallest absolute Gasteiger partial charge is 0.131 e. The lowest BCUT2D eigenvalue weighted by Crippen LogP contribution is -2.45. The number of rotatable bonds is 4. The van der Waals surface area contributed by atoms with Crippen LogP contribution in [0.25, 0.3) is 0 Å². The molecular weight excluding hydrogens is 256 g/mol. The maximum Gasteiger partial charge on any atom is 0.131 e. The fraction of sp³-hybridized carbons (Fsp3) is 0.158. The fourth-order valence-corrected chi connectivity index (χ4v) is 2.70. The third-order valence-corrected chi connectivity index (χ3v) is 3.60. The zero-order chi connectivity index (χ0) is 14.5. The summed E-state index contributed by atoms with van der Waals surface area (Å²) in [6.07, 6.45) is 7.40. The van der Waals surface area contributed by atoms with Gasteiger partial charge in [-0.2, -0.15) is 0 Å². The van der Waals surface area contributed by atoms with E-state index in [2.05, 4.69) is 60.1 Å². The van der Waals surface area contributed by atoms with E-state index in [4.69, 9.17) is 0 Å². The van der Waals surface area contributed by atoms with Gasteiger partial charge in [-0.25, -0.2) is 0 Å². The van der Waals surface area contributed by atoms with Gasteiger partial charge in [0.15, 0.2) is 0 Å². The molecule has 0 spiro atoms. The Balaban J connectivity index is 1.89. The van der Waals surface area contributed by atoms with Crippen LogP contribution in [0.15, 0.2) is 84.5 Å². The number of anilines is 2. The van der Waals surface area contributed by atoms with E-state index in [1.807, 2.05) is 36.4 Å². The average Bonchev–Trinajstić information content (AvgIpc) is 2.49. The molecule has 106 valence electrons. The van der Waals surface area contributed by atoms with Crippen molar-refractivity contribution in [3.8, 4) is 0 Å². The molecule has 2 heteroatoms. The minimum Gasteiger partial charge on any atom is -0.359 e. The van der Waals surface area contributed by atoms with E-state index in [0.717, 1.165) is 17.8 Å². The molecule has 0 saturated heterocycles. The molecule has 0 saturated carbocycles. The van der Waals surface area contributed by atoms with Crippen molar-refractivity contribution in [2.45, 2.75) is 19.0 Å². The second-order valence-electron chi connectivity index (χ2n) is 5.50. The summed E-state index contributed by atoms with van der Waals surface area (Å²) in [6, 6.07) is 20.6. The molecule has 0 heterocycles. The molecule has 0 fully saturated rings. The molecule has 1 aliphatic carbocycles. The largest absolute Gasteiger partial charge is 0.359 e. The normalized spacial score (nSPS) is 16.1. The lowest BCUT2D eigenvalue weighted by atomic mass is 9.94. The van der Waals surface area contributed by atoms with E-state index in [9.17, 15) is 0 Å². The van der Waals surface area contributed by atoms with Gasteiger partial charge in [-0.05, 0) is 37.3 Å². The topological polar surface area (TPSA) is 24.1 Å². The van der Waals surface area contributed by atoms with Gasteiger partial charge in [-0.1, -0.05) is 54.1 Å². The van der Waals surface area contributed by atoms with Crippen molar-refractivity contribution >= 4 is 11.4 Å². The third-order valence-electron chi connectivity index (χ3n) is 3.60. The van der Waals surface area contributed by atoms with Gasteiger partial charge < -0.3 is 10.6 Å². The molecule has 0 aromatic heterocycles. The molecule has 3 rings (SSSR count). The lowest BCUT2D eigenvalue weighted by Gasteiger charge is -2.37. The Morgan fingerprint density at radius 3 is 1.81 bits per heavy atom. The van der Waals surface area contributed by atoms with E-state index in [-0.39, 0.29) is 5.66 Å². The Morgan fingerprint density at radius 1 is 0.810 bits per heavy atom. The highest BCUT2D eigenvalue weighted by Crippen LogP contribution is 2.29. The molecule has 1 aliphatic rings. The third kappa shape index (κ3) is 3.34. The summed E-state index contributed by atoms with van der Waals surface area (Å²) >= 11 is 0. The Bertz CT molecular complexity index is 600. The van der Waals surface area contributed by atoms with Gasteiger partial charge in [0.25, 0.3) is 0 Å². The van der Waals surface area contributed by atoms with Crippen LogP contribution in [-0.4, -0.2) is 5.66 Å². The maximum atomic E-state index is 3.63. The molecule has 2 N–H and O–H groups in total. The Hall–Kier alpha value is -2.48. The second kappa shape index (κ2) is 5.88. The highest BCUT2D eigenvalue weighted by Gasteiger charge is 2.28. The first-order chi connectivity index (χ1) is 10.3. The summed E-state index contributed by atoms with van der Waals surface area (Å²) in [6.45, 7) is 2.16. The van der Waals surface area contributed by atoms with E-state index in [1.54, 1.807) is 0 Å². The fourth-order valence-electron chi connectivity index (χ4n) is 2.70. The first-order valence-electron chi connectivity index (χ1n) is 7.27. The van der Waals surface area contributed by atoms with Crippen molar-refractivity contribution in [3.05, 3.63) is 84.5 Å². The molecule has 2 nitrogen and oxygen atoms in total. The number of allylic oxidation sites excluding steroid dienone is 2. The number of nitrogens with one attached hydrogen (secondary N) is 2. The second-order valence-corrected chi connectivity index (χ2v) is 5.50. The minimum absolute atomic E-state index is 0.290. The molecular formula is C19H20N2. The predicted molar refractivity (Wildman–Crippen MR) is 90.4 cm³/mol. The standard InChI is InChI=1S/C19H20N2/c1-16-9-8-14-19(15-16,20-17-10-4-2-5-11-17)21-18-12-6-3-7-13-18/h2-14,20-21H,15H2,1H3. The van der Waals surface area contributed by atoms with Crippen molar-refractivity contribution in [2.24, 2.45) is 0 Å². The minimum atomic E-state index is -0.290. The Kier molecular flexibility index (Phi) is 3.78. The monoisotopic (exact) mass is 276 g/mol. The van der Waals surface area contributed by atoms with Crippen LogP contribution in [0.3, 0.4) is 0 Å². The maximum absolute atomic E-state index is 3.63. The van der Waals surface area contributed by atoms with Crippen molar-refractivity contribution in [3.63, 3.8) is 0 Å². The van der Waals surface area contributed by atoms with Crippen LogP contribution in [0.4, 0.5) is 11.4 Å². The summed E-state index contributed by atoms with van der Waals surface area (Å²) < 4.78 is 0. The van der Waals surface area contributed by atoms with Gasteiger partial charge in [0.1, 0.15) is 5.66 Å². The summed E-state index contributed by atoms with van der Waals surface area (Å²) in [5.74, 6) is 0. The van der Waals surface area contributed by atoms with Crippen LogP contribution in [0, 0.1) is 0 Å². The molecule has 0 bridgehead atoms. The Morgan fingerprint density at radius 2 is 1.33 bits per heavy atom. The van der Waals surface area contributed by atoms with Gasteiger partial charge in [0.2, 0.25) is 0 Å². The zero-order valence-corrected chi connectivity index (χ0v) is 12.2. The number of hydrogen-bond donors (Lipinski definition) is 2. The quantitative estimate of drug-likeness (QED) is 0.783. The molecule has 0 atom stereocenters. The summed E-state index contributed by atoms with van der Waals surface area (Å²) in [5.41, 5.74) is 3.28. The van der Waals surface area contributed by atoms with Gasteiger partial charge in [0, 0.05) is 17.8 Å². The number of para-hydroxylation sites is 2. The van der Waals surface area contributed by atoms with Gasteiger partial charge in [-0.3, -0.25) is 0 Å². The van der Waals surface area contributed by atoms with Crippen molar-refractivity contribution in [2.75, 3.05) is 10.6 Å². The highest BCUT2D eigenvalue weighted by molar-refractivity contribution is 5.56. The average molecular weight is 276 g/mol. The number of hydrogen-bond acceptors (Lipinski definition) is 2. The highest BCUT2D eigenvalue weighted by atomic mass is 15.2. The summed E-state index contributed by atoms with van der Waals surface area (Å²) in [5, 5.41) is 7.27. The van der Waals surface area contributed by atoms with Crippen LogP contribution >= 0.6 is 0 Å². The molecule has 0 unspecified atom stereocenters. The van der Waals surface area contributed by atoms with Gasteiger partial charge >= 0.3 is 0 Å². The van der Waals surface area contributed by atoms with E-state index < -0.39 is 0 Å². The molecule has 2 aromatic rings. The van der Waals surface area contributed by atoms with E-state index >= 15 is 0 Å². The Labute approximate surface area is 126 Å². The van der Waals surface area contributed by atoms with E-state index in [0.29, 0.717) is 0 Å². The van der Waals surface area contributed by atoms with Crippen LogP contribution in [-0.2, 0) is 0 Å². The summed E-state index contributed by atoms with van der Waals surface area (Å²) in [4.78, 5) is 0. The van der Waals surface area contributed by atoms with Crippen LogP contribution in [0.2, 0.25) is 0 Å². The molecule has 0 amide bonds.